The van der Waals surface area contributed by atoms with E-state index in [1.54, 1.807) is 0 Å². The molecule has 0 bridgehead atoms. The molecule has 2 aromatic heterocycles. The van der Waals surface area contributed by atoms with E-state index >= 15 is 0 Å². The van der Waals surface area contributed by atoms with Crippen molar-refractivity contribution in [2.24, 2.45) is 5.41 Å². The number of phosphoric acid groups is 3. The molecule has 8 N–H and O–H groups in total. The summed E-state index contributed by atoms with van der Waals surface area (Å²) < 4.78 is 60.5. The van der Waals surface area contributed by atoms with Crippen molar-refractivity contribution in [2.75, 3.05) is 37.8 Å². The van der Waals surface area contributed by atoms with Gasteiger partial charge in [0.1, 0.15) is 42.7 Å². The van der Waals surface area contributed by atoms with Gasteiger partial charge in [-0.1, -0.05) is 25.6 Å². The van der Waals surface area contributed by atoms with Crippen molar-refractivity contribution in [2.45, 2.75) is 57.3 Å². The number of aromatic nitrogens is 4. The van der Waals surface area contributed by atoms with Gasteiger partial charge in [0.25, 0.3) is 23.5 Å². The van der Waals surface area contributed by atoms with Gasteiger partial charge in [0.2, 0.25) is 11.8 Å². The van der Waals surface area contributed by atoms with Gasteiger partial charge in [-0.15, -0.1) is 0 Å². The zero-order chi connectivity index (χ0) is 40.6. The van der Waals surface area contributed by atoms with Crippen LogP contribution in [0.3, 0.4) is 0 Å². The van der Waals surface area contributed by atoms with Gasteiger partial charge in [0.05, 0.1) is 19.5 Å². The van der Waals surface area contributed by atoms with E-state index in [0.29, 0.717) is 11.8 Å². The molecule has 304 valence electrons. The van der Waals surface area contributed by atoms with Gasteiger partial charge >= 0.3 is 94.6 Å². The van der Waals surface area contributed by atoms with Crippen molar-refractivity contribution < 1.29 is 179 Å². The molecule has 2 amide bonds. The molecule has 3 heterocycles. The smallest absolute Gasteiger partial charge is 0.756 e. The van der Waals surface area contributed by atoms with E-state index in [2.05, 4.69) is 43.5 Å². The molecule has 8 atom stereocenters. The standard InChI is InChI=1S/C24H38N7O19P3S.3Na/c1-24(2,19(37)22(38)27-4-3-13(32)26-5-6-54-15(35)7-14(33)34)9-47-53(44,45)50-52(42,43)46-8-12-18(49-51(39,40)41)17(36)23(48-12)31-11-30-16-20(25)28-10-29-21(16)31;;;/h10-12,17-19,23,36-37H,3-9H2,1-2H3,(H,26,32)(H,27,38)(H,33,34)(H,42,43)(H,44,45)(H2,25,28,29)(H2,39,40,41);;;/q;3*+1/p-3. The van der Waals surface area contributed by atoms with Crippen molar-refractivity contribution in [3.8, 4) is 0 Å². The van der Waals surface area contributed by atoms with Crippen molar-refractivity contribution in [1.82, 2.24) is 30.2 Å². The number of hydrogen-bond acceptors (Lipinski definition) is 22. The number of hydrogen-bond donors (Lipinski definition) is 7. The summed E-state index contributed by atoms with van der Waals surface area (Å²) in [7, 11) is -17.4. The van der Waals surface area contributed by atoms with Crippen LogP contribution in [0.4, 0.5) is 5.82 Å². The number of carboxylic acids is 1. The molecule has 8 unspecified atom stereocenters. The summed E-state index contributed by atoms with van der Waals surface area (Å²) in [4.78, 5) is 103. The molecule has 0 aromatic carbocycles. The molecular weight excluding hydrogens is 884 g/mol. The molecule has 1 saturated heterocycles. The Morgan fingerprint density at radius 2 is 1.68 bits per heavy atom. The number of carbonyl (C=O) groups is 4. The average molecular weight is 920 g/mol. The van der Waals surface area contributed by atoms with Crippen molar-refractivity contribution in [1.29, 1.82) is 0 Å². The number of nitrogens with two attached hydrogens (primary N) is 1. The number of fused-ring (bicyclic) bond motifs is 1. The Balaban J connectivity index is 0.0000105. The molecule has 3 rings (SSSR count). The number of thioether (sulfide) groups is 1. The second-order valence-electron chi connectivity index (χ2n) is 11.8. The van der Waals surface area contributed by atoms with E-state index in [0.717, 1.165) is 17.2 Å². The molecule has 1 aliphatic rings. The summed E-state index contributed by atoms with van der Waals surface area (Å²) in [6.07, 6.45) is -8.26. The predicted molar refractivity (Wildman–Crippen MR) is 173 cm³/mol. The molecule has 0 aliphatic carbocycles. The second kappa shape index (κ2) is 24.6. The number of carbonyl (C=O) groups excluding carboxylic acids is 3. The third-order valence-corrected chi connectivity index (χ3v) is 10.9. The van der Waals surface area contributed by atoms with Gasteiger partial charge in [-0.05, 0) is 0 Å². The number of nitrogen functional groups attached to an aromatic ring is 1. The van der Waals surface area contributed by atoms with Gasteiger partial charge in [0.15, 0.2) is 22.8 Å². The summed E-state index contributed by atoms with van der Waals surface area (Å²) in [6, 6.07) is 0. The van der Waals surface area contributed by atoms with Crippen LogP contribution >= 0.6 is 35.2 Å². The minimum atomic E-state index is -5.91. The molecule has 0 spiro atoms. The molecule has 57 heavy (non-hydrogen) atoms. The molecule has 1 aliphatic heterocycles. The topological polar surface area (TPSA) is 409 Å². The molecule has 0 saturated carbocycles. The number of rotatable bonds is 21. The molecule has 33 heteroatoms. The summed E-state index contributed by atoms with van der Waals surface area (Å²) in [6.45, 7) is -0.217. The summed E-state index contributed by atoms with van der Waals surface area (Å²) in [5.74, 6) is -2.89. The Hall–Kier alpha value is 0.0300. The van der Waals surface area contributed by atoms with Crippen LogP contribution in [0, 0.1) is 5.41 Å². The second-order valence-corrected chi connectivity index (χ2v) is 17.1. The number of phosphoric ester groups is 3. The van der Waals surface area contributed by atoms with Crippen LogP contribution in [0.1, 0.15) is 32.9 Å². The fourth-order valence-corrected chi connectivity index (χ4v) is 7.85. The number of aliphatic hydroxyl groups excluding tert-OH is 2. The van der Waals surface area contributed by atoms with Gasteiger partial charge in [-0.25, -0.2) is 19.3 Å². The number of aliphatic hydroxyl groups is 2. The fraction of sp³-hybridized carbons (Fsp3) is 0.625. The Kier molecular flexibility index (Phi) is 24.6. The summed E-state index contributed by atoms with van der Waals surface area (Å²) in [5, 5.41) is 33.9. The average Bonchev–Trinajstić information content (AvgIpc) is 3.60. The first kappa shape index (κ1) is 57.0. The van der Waals surface area contributed by atoms with Gasteiger partial charge in [-0.2, -0.15) is 0 Å². The first-order valence-corrected chi connectivity index (χ1v) is 20.5. The number of nitrogens with one attached hydrogen (secondary N) is 2. The third-order valence-electron chi connectivity index (χ3n) is 7.04. The minimum absolute atomic E-state index is 0. The maximum Gasteiger partial charge on any atom is 1.00 e. The van der Waals surface area contributed by atoms with E-state index in [-0.39, 0.29) is 131 Å². The molecule has 26 nitrogen and oxygen atoms in total. The maximum atomic E-state index is 12.5. The number of ether oxygens (including phenoxy) is 1. The van der Waals surface area contributed by atoms with Crippen LogP contribution in [-0.4, -0.2) is 119 Å². The number of imidazole rings is 1. The zero-order valence-corrected chi connectivity index (χ0v) is 40.5. The van der Waals surface area contributed by atoms with Crippen LogP contribution in [-0.2, 0) is 55.5 Å². The van der Waals surface area contributed by atoms with Crippen molar-refractivity contribution in [3.63, 3.8) is 0 Å². The predicted octanol–water partition coefficient (Wildman–Crippen LogP) is -12.7. The van der Waals surface area contributed by atoms with E-state index in [1.165, 1.54) is 13.8 Å². The third kappa shape index (κ3) is 18.5. The van der Waals surface area contributed by atoms with Crippen LogP contribution in [0.15, 0.2) is 12.7 Å². The number of carboxylic acid groups (broad SMARTS) is 1. The summed E-state index contributed by atoms with van der Waals surface area (Å²) in [5.41, 5.74) is 4.04. The van der Waals surface area contributed by atoms with Crippen LogP contribution in [0.25, 0.3) is 11.2 Å². The SMILES string of the molecule is CC(C)(COP(=O)([O-])OP(=O)([O-])OCC1OC(n2cnc3c(N)ncnc32)C(O)C1OP(=O)([O-])O)C(O)C(=O)NCCC(=O)NCCSC(=O)CC(=O)O.[Na+].[Na+].[Na+]. The molecule has 1 fully saturated rings. The monoisotopic (exact) mass is 919 g/mol. The van der Waals surface area contributed by atoms with Crippen LogP contribution < -0.4 is 120 Å². The minimum Gasteiger partial charge on any atom is -0.756 e. The number of nitrogens with zero attached hydrogens (tertiary/aromatic N) is 4. The number of aliphatic carboxylic acids is 1. The number of anilines is 1. The van der Waals surface area contributed by atoms with Crippen LogP contribution in [0.5, 0.6) is 0 Å². The normalized spacial score (nSPS) is 21.6. The zero-order valence-electron chi connectivity index (χ0n) is 31.0. The Morgan fingerprint density at radius 3 is 2.30 bits per heavy atom. The first-order chi connectivity index (χ1) is 24.9. The largest absolute Gasteiger partial charge is 1.00 e. The van der Waals surface area contributed by atoms with E-state index < -0.39 is 102 Å². The van der Waals surface area contributed by atoms with E-state index in [9.17, 15) is 62.7 Å². The maximum absolute atomic E-state index is 12.5. The van der Waals surface area contributed by atoms with Gasteiger partial charge in [-0.3, -0.25) is 37.4 Å². The number of amides is 2. The molecule has 2 aromatic rings. The fourth-order valence-electron chi connectivity index (χ4n) is 4.45. The van der Waals surface area contributed by atoms with Crippen LogP contribution in [0.2, 0.25) is 0 Å². The first-order valence-electron chi connectivity index (χ1n) is 15.1. The Bertz CT molecular complexity index is 1850. The quantitative estimate of drug-likeness (QED) is 0.0264. The Morgan fingerprint density at radius 1 is 1.05 bits per heavy atom. The Labute approximate surface area is 393 Å². The van der Waals surface area contributed by atoms with Crippen molar-refractivity contribution in [3.05, 3.63) is 12.7 Å². The van der Waals surface area contributed by atoms with E-state index in [1.807, 2.05) is 0 Å². The molecule has 0 radical (unpaired) electrons. The van der Waals surface area contributed by atoms with Gasteiger partial charge in [0, 0.05) is 30.7 Å². The molecular formula is C24H35N7Na3O19P3S. The van der Waals surface area contributed by atoms with Gasteiger partial charge < -0.3 is 69.6 Å². The van der Waals surface area contributed by atoms with Crippen molar-refractivity contribution >= 4 is 75.1 Å². The summed E-state index contributed by atoms with van der Waals surface area (Å²) >= 11 is 0.708. The van der Waals surface area contributed by atoms with E-state index in [4.69, 9.17) is 15.6 Å².